The molecule has 0 amide bonds. The van der Waals surface area contributed by atoms with E-state index in [1.54, 1.807) is 0 Å². The summed E-state index contributed by atoms with van der Waals surface area (Å²) in [5, 5.41) is 0. The second kappa shape index (κ2) is 9.43. The van der Waals surface area contributed by atoms with Crippen molar-refractivity contribution in [2.75, 3.05) is 44.6 Å². The molecule has 0 N–H and O–H groups in total. The molecule has 0 bridgehead atoms. The van der Waals surface area contributed by atoms with Crippen LogP contribution in [0, 0.1) is 0 Å². The van der Waals surface area contributed by atoms with Crippen LogP contribution in [0.15, 0.2) is 78.9 Å². The van der Waals surface area contributed by atoms with Crippen LogP contribution in [0.4, 0.5) is 11.4 Å². The molecular weight excluding hydrogens is 344 g/mol. The average Bonchev–Trinajstić information content (AvgIpc) is 2.72. The molecule has 0 atom stereocenters. The minimum Gasteiger partial charge on any atom is -0.378 e. The van der Waals surface area contributed by atoms with E-state index >= 15 is 0 Å². The summed E-state index contributed by atoms with van der Waals surface area (Å²) in [7, 11) is 8.23. The highest BCUT2D eigenvalue weighted by Crippen LogP contribution is 2.29. The van der Waals surface area contributed by atoms with Crippen molar-refractivity contribution < 1.29 is 4.74 Å². The summed E-state index contributed by atoms with van der Waals surface area (Å²) < 4.78 is 6.39. The lowest BCUT2D eigenvalue weighted by Crippen LogP contribution is -2.12. The van der Waals surface area contributed by atoms with Crippen LogP contribution in [0.25, 0.3) is 0 Å². The molecule has 3 nitrogen and oxygen atoms in total. The van der Waals surface area contributed by atoms with Crippen LogP contribution < -0.4 is 9.80 Å². The fraction of sp³-hybridized carbons (Fsp3) is 0.280. The van der Waals surface area contributed by atoms with E-state index in [-0.39, 0.29) is 6.10 Å². The van der Waals surface area contributed by atoms with Gasteiger partial charge in [-0.05, 0) is 47.4 Å². The molecule has 0 aromatic heterocycles. The van der Waals surface area contributed by atoms with E-state index in [9.17, 15) is 0 Å². The topological polar surface area (TPSA) is 15.7 Å². The Labute approximate surface area is 169 Å². The average molecular weight is 375 g/mol. The predicted octanol–water partition coefficient (Wildman–Crippen LogP) is 5.17. The fourth-order valence-electron chi connectivity index (χ4n) is 3.22. The Morgan fingerprint density at radius 1 is 0.643 bits per heavy atom. The first-order valence-corrected chi connectivity index (χ1v) is 9.74. The van der Waals surface area contributed by atoms with Crippen molar-refractivity contribution in [2.24, 2.45) is 0 Å². The summed E-state index contributed by atoms with van der Waals surface area (Å²) in [5.41, 5.74) is 6.03. The van der Waals surface area contributed by atoms with Crippen molar-refractivity contribution in [1.82, 2.24) is 0 Å². The fourth-order valence-corrected chi connectivity index (χ4v) is 3.22. The molecule has 0 spiro atoms. The lowest BCUT2D eigenvalue weighted by molar-refractivity contribution is 0.0826. The highest BCUT2D eigenvalue weighted by atomic mass is 16.5. The molecule has 146 valence electrons. The van der Waals surface area contributed by atoms with Crippen LogP contribution in [0.3, 0.4) is 0 Å². The van der Waals surface area contributed by atoms with E-state index < -0.39 is 0 Å². The van der Waals surface area contributed by atoms with E-state index in [4.69, 9.17) is 4.74 Å². The first kappa shape index (κ1) is 20.0. The van der Waals surface area contributed by atoms with Gasteiger partial charge in [-0.15, -0.1) is 0 Å². The van der Waals surface area contributed by atoms with Gasteiger partial charge in [0.25, 0.3) is 0 Å². The molecule has 0 fully saturated rings. The summed E-state index contributed by atoms with van der Waals surface area (Å²) in [6.07, 6.45) is 0.833. The normalized spacial score (nSPS) is 10.9. The maximum atomic E-state index is 6.39. The van der Waals surface area contributed by atoms with Gasteiger partial charge in [-0.1, -0.05) is 54.6 Å². The Hall–Kier alpha value is -2.78. The molecule has 0 radical (unpaired) electrons. The largest absolute Gasteiger partial charge is 0.378 e. The van der Waals surface area contributed by atoms with Crippen LogP contribution in [-0.2, 0) is 11.2 Å². The number of benzene rings is 3. The lowest BCUT2D eigenvalue weighted by atomic mass is 10.0. The van der Waals surface area contributed by atoms with Crippen LogP contribution in [0.2, 0.25) is 0 Å². The third kappa shape index (κ3) is 5.14. The molecule has 0 unspecified atom stereocenters. The molecule has 3 aromatic rings. The van der Waals surface area contributed by atoms with Crippen molar-refractivity contribution in [2.45, 2.75) is 12.5 Å². The monoisotopic (exact) mass is 374 g/mol. The number of nitrogens with zero attached hydrogens (tertiary/aromatic N) is 2. The Kier molecular flexibility index (Phi) is 6.72. The van der Waals surface area contributed by atoms with E-state index in [1.165, 1.54) is 28.1 Å². The second-order valence-corrected chi connectivity index (χ2v) is 7.46. The minimum absolute atomic E-state index is 0.0730. The molecule has 28 heavy (non-hydrogen) atoms. The van der Waals surface area contributed by atoms with Crippen LogP contribution in [0.5, 0.6) is 0 Å². The minimum atomic E-state index is -0.0730. The standard InChI is InChI=1S/C25H30N2O/c1-26(2)23-14-10-21(11-15-23)25(22-12-16-24(17-13-22)27(3)4)28-19-18-20-8-6-5-7-9-20/h5-17,25H,18-19H2,1-4H3. The summed E-state index contributed by atoms with van der Waals surface area (Å²) in [6.45, 7) is 0.680. The van der Waals surface area contributed by atoms with Gasteiger partial charge in [-0.2, -0.15) is 0 Å². The summed E-state index contributed by atoms with van der Waals surface area (Å²) in [4.78, 5) is 4.22. The number of hydrogen-bond donors (Lipinski definition) is 0. The molecule has 3 heteroatoms. The number of hydrogen-bond acceptors (Lipinski definition) is 3. The van der Waals surface area contributed by atoms with Crippen LogP contribution in [-0.4, -0.2) is 34.8 Å². The van der Waals surface area contributed by atoms with Gasteiger partial charge in [0, 0.05) is 39.6 Å². The number of rotatable bonds is 8. The van der Waals surface area contributed by atoms with Gasteiger partial charge in [0.15, 0.2) is 0 Å². The van der Waals surface area contributed by atoms with Gasteiger partial charge < -0.3 is 14.5 Å². The van der Waals surface area contributed by atoms with Crippen molar-refractivity contribution >= 4 is 11.4 Å². The summed E-state index contributed by atoms with van der Waals surface area (Å²) >= 11 is 0. The highest BCUT2D eigenvalue weighted by Gasteiger charge is 2.15. The molecule has 0 heterocycles. The van der Waals surface area contributed by atoms with Crippen LogP contribution in [0.1, 0.15) is 22.8 Å². The summed E-state index contributed by atoms with van der Waals surface area (Å²) in [6, 6.07) is 27.8. The van der Waals surface area contributed by atoms with Gasteiger partial charge in [0.1, 0.15) is 6.10 Å². The smallest absolute Gasteiger partial charge is 0.108 e. The van der Waals surface area contributed by atoms with Gasteiger partial charge >= 0.3 is 0 Å². The van der Waals surface area contributed by atoms with E-state index in [1.807, 2.05) is 6.07 Å². The maximum Gasteiger partial charge on any atom is 0.108 e. The molecule has 0 aliphatic heterocycles. The molecule has 0 saturated carbocycles. The SMILES string of the molecule is CN(C)c1ccc(C(OCCc2ccccc2)c2ccc(N(C)C)cc2)cc1. The maximum absolute atomic E-state index is 6.39. The third-order valence-corrected chi connectivity index (χ3v) is 4.94. The van der Waals surface area contributed by atoms with Gasteiger partial charge in [0.05, 0.1) is 6.61 Å². The molecule has 0 saturated heterocycles. The zero-order valence-corrected chi connectivity index (χ0v) is 17.3. The van der Waals surface area contributed by atoms with Gasteiger partial charge in [0.2, 0.25) is 0 Å². The van der Waals surface area contributed by atoms with Crippen molar-refractivity contribution in [1.29, 1.82) is 0 Å². The Morgan fingerprint density at radius 2 is 1.11 bits per heavy atom. The van der Waals surface area contributed by atoms with E-state index in [0.717, 1.165) is 6.42 Å². The third-order valence-electron chi connectivity index (χ3n) is 4.94. The molecule has 3 aromatic carbocycles. The van der Waals surface area contributed by atoms with Crippen molar-refractivity contribution in [3.05, 3.63) is 95.6 Å². The number of ether oxygens (including phenoxy) is 1. The van der Waals surface area contributed by atoms with Crippen LogP contribution >= 0.6 is 0 Å². The molecule has 3 rings (SSSR count). The highest BCUT2D eigenvalue weighted by molar-refractivity contribution is 5.50. The van der Waals surface area contributed by atoms with Gasteiger partial charge in [-0.3, -0.25) is 0 Å². The van der Waals surface area contributed by atoms with Crippen molar-refractivity contribution in [3.8, 4) is 0 Å². The first-order valence-electron chi connectivity index (χ1n) is 9.74. The second-order valence-electron chi connectivity index (χ2n) is 7.46. The van der Waals surface area contributed by atoms with E-state index in [2.05, 4.69) is 111 Å². The zero-order valence-electron chi connectivity index (χ0n) is 17.3. The predicted molar refractivity (Wildman–Crippen MR) is 119 cm³/mol. The number of anilines is 2. The van der Waals surface area contributed by atoms with Crippen molar-refractivity contribution in [3.63, 3.8) is 0 Å². The first-order chi connectivity index (χ1) is 13.5. The van der Waals surface area contributed by atoms with Gasteiger partial charge in [-0.25, -0.2) is 0 Å². The summed E-state index contributed by atoms with van der Waals surface area (Å²) in [5.74, 6) is 0. The zero-order chi connectivity index (χ0) is 19.9. The lowest BCUT2D eigenvalue weighted by Gasteiger charge is -2.21. The molecule has 0 aliphatic rings. The Balaban J connectivity index is 1.80. The van der Waals surface area contributed by atoms with E-state index in [0.29, 0.717) is 6.61 Å². The Bertz CT molecular complexity index is 788. The quantitative estimate of drug-likeness (QED) is 0.541. The Morgan fingerprint density at radius 3 is 1.54 bits per heavy atom. The molecular formula is C25H30N2O. The molecule has 0 aliphatic carbocycles.